The molecule has 0 fully saturated rings. The van der Waals surface area contributed by atoms with E-state index in [2.05, 4.69) is 15.0 Å². The molecule has 13 heteroatoms. The average molecular weight is 499 g/mol. The van der Waals surface area contributed by atoms with Gasteiger partial charge in [-0.15, -0.1) is 0 Å². The molecule has 176 valence electrons. The Kier molecular flexibility index (Phi) is 8.05. The summed E-state index contributed by atoms with van der Waals surface area (Å²) in [4.78, 5) is 16.4. The highest BCUT2D eigenvalue weighted by molar-refractivity contribution is 7.89. The van der Waals surface area contributed by atoms with Gasteiger partial charge in [-0.1, -0.05) is 17.4 Å². The van der Waals surface area contributed by atoms with Crippen molar-refractivity contribution in [3.05, 3.63) is 64.5 Å². The van der Waals surface area contributed by atoms with E-state index in [1.54, 1.807) is 0 Å². The van der Waals surface area contributed by atoms with E-state index in [9.17, 15) is 22.0 Å². The van der Waals surface area contributed by atoms with Crippen LogP contribution in [-0.2, 0) is 14.8 Å². The van der Waals surface area contributed by atoms with Gasteiger partial charge in [-0.05, 0) is 36.4 Å². The highest BCUT2D eigenvalue weighted by Crippen LogP contribution is 2.31. The molecule has 0 spiro atoms. The van der Waals surface area contributed by atoms with Gasteiger partial charge in [-0.2, -0.15) is 0 Å². The molecular weight excluding hydrogens is 478 g/mol. The molecule has 0 saturated heterocycles. The number of thiazole rings is 1. The molecule has 2 aromatic carbocycles. The molecule has 3 rings (SSSR count). The molecule has 1 heterocycles. The number of halogens is 2. The lowest BCUT2D eigenvalue weighted by Gasteiger charge is -2.08. The summed E-state index contributed by atoms with van der Waals surface area (Å²) >= 11 is 0.810. The molecule has 1 aromatic heterocycles. The lowest BCUT2D eigenvalue weighted by molar-refractivity contribution is 0.0961. The number of ketones is 1. The van der Waals surface area contributed by atoms with Crippen LogP contribution in [0.2, 0.25) is 0 Å². The topological polar surface area (TPSA) is 144 Å². The van der Waals surface area contributed by atoms with Gasteiger partial charge in [-0.25, -0.2) is 26.9 Å². The number of hydrogen-bond acceptors (Lipinski definition) is 9. The van der Waals surface area contributed by atoms with E-state index < -0.39 is 33.0 Å². The van der Waals surface area contributed by atoms with Crippen molar-refractivity contribution in [1.82, 2.24) is 9.71 Å². The Bertz CT molecular complexity index is 1210. The monoisotopic (exact) mass is 498 g/mol. The molecule has 33 heavy (non-hydrogen) atoms. The van der Waals surface area contributed by atoms with E-state index in [4.69, 9.17) is 15.6 Å². The molecule has 0 unspecified atom stereocenters. The second-order valence-corrected chi connectivity index (χ2v) is 9.31. The normalized spacial score (nSPS) is 11.5. The molecule has 3 aromatic rings. The number of carbonyl (C=O) groups is 1. The van der Waals surface area contributed by atoms with Gasteiger partial charge < -0.3 is 20.9 Å². The van der Waals surface area contributed by atoms with E-state index in [0.717, 1.165) is 29.5 Å². The molecule has 0 saturated carbocycles. The third-order valence-corrected chi connectivity index (χ3v) is 6.70. The van der Waals surface area contributed by atoms with Crippen LogP contribution < -0.4 is 15.8 Å². The van der Waals surface area contributed by atoms with Crippen LogP contribution in [0.4, 0.5) is 25.4 Å². The molecule has 0 bridgehead atoms. The molecule has 0 aliphatic heterocycles. The number of benzene rings is 2. The van der Waals surface area contributed by atoms with Gasteiger partial charge in [0.25, 0.3) is 0 Å². The average Bonchev–Trinajstić information content (AvgIpc) is 3.13. The highest BCUT2D eigenvalue weighted by Gasteiger charge is 2.24. The SMILES string of the molecule is Nc1nc(Nc2ccc(S(=O)(=O)NCCOCCO)cc2)sc1C(=O)c1c(F)cccc1F. The summed E-state index contributed by atoms with van der Waals surface area (Å²) in [6, 6.07) is 8.76. The van der Waals surface area contributed by atoms with Crippen LogP contribution in [0.25, 0.3) is 0 Å². The minimum atomic E-state index is -3.76. The zero-order chi connectivity index (χ0) is 24.0. The summed E-state index contributed by atoms with van der Waals surface area (Å²) in [5.74, 6) is -3.13. The van der Waals surface area contributed by atoms with Gasteiger partial charge in [0, 0.05) is 12.2 Å². The molecule has 0 aliphatic rings. The predicted octanol–water partition coefficient (Wildman–Crippen LogP) is 2.27. The lowest BCUT2D eigenvalue weighted by Crippen LogP contribution is -2.27. The van der Waals surface area contributed by atoms with E-state index in [-0.39, 0.29) is 47.1 Å². The Morgan fingerprint density at radius 1 is 1.12 bits per heavy atom. The van der Waals surface area contributed by atoms with Crippen molar-refractivity contribution < 1.29 is 31.8 Å². The minimum absolute atomic E-state index is 0.0137. The van der Waals surface area contributed by atoms with Gasteiger partial charge in [0.15, 0.2) is 5.13 Å². The van der Waals surface area contributed by atoms with Crippen LogP contribution in [0.3, 0.4) is 0 Å². The van der Waals surface area contributed by atoms with Crippen LogP contribution >= 0.6 is 11.3 Å². The highest BCUT2D eigenvalue weighted by atomic mass is 32.2. The molecule has 5 N–H and O–H groups in total. The van der Waals surface area contributed by atoms with Crippen molar-refractivity contribution in [2.45, 2.75) is 4.90 Å². The maximum Gasteiger partial charge on any atom is 0.240 e. The van der Waals surface area contributed by atoms with E-state index >= 15 is 0 Å². The number of carbonyl (C=O) groups excluding carboxylic acids is 1. The number of aliphatic hydroxyl groups is 1. The van der Waals surface area contributed by atoms with Crippen molar-refractivity contribution in [2.75, 3.05) is 37.4 Å². The fourth-order valence-electron chi connectivity index (χ4n) is 2.72. The van der Waals surface area contributed by atoms with Crippen LogP contribution in [0.1, 0.15) is 15.2 Å². The Balaban J connectivity index is 1.69. The van der Waals surface area contributed by atoms with Crippen molar-refractivity contribution in [3.8, 4) is 0 Å². The van der Waals surface area contributed by atoms with Crippen molar-refractivity contribution in [1.29, 1.82) is 0 Å². The number of aromatic nitrogens is 1. The number of hydrogen-bond donors (Lipinski definition) is 4. The summed E-state index contributed by atoms with van der Waals surface area (Å²) in [7, 11) is -3.76. The summed E-state index contributed by atoms with van der Waals surface area (Å²) in [6.45, 7) is 0.121. The lowest BCUT2D eigenvalue weighted by atomic mass is 10.1. The Hall–Kier alpha value is -2.97. The third kappa shape index (κ3) is 6.09. The Labute approximate surface area is 192 Å². The molecule has 0 aliphatic carbocycles. The molecule has 0 radical (unpaired) electrons. The molecular formula is C20H20F2N4O5S2. The van der Waals surface area contributed by atoms with Gasteiger partial charge in [0.2, 0.25) is 15.8 Å². The number of ether oxygens (including phenoxy) is 1. The Morgan fingerprint density at radius 3 is 2.42 bits per heavy atom. The van der Waals surface area contributed by atoms with Gasteiger partial charge >= 0.3 is 0 Å². The fourth-order valence-corrected chi connectivity index (χ4v) is 4.58. The van der Waals surface area contributed by atoms with E-state index in [1.807, 2.05) is 0 Å². The molecule has 0 atom stereocenters. The van der Waals surface area contributed by atoms with Crippen molar-refractivity contribution >= 4 is 43.8 Å². The maximum absolute atomic E-state index is 13.9. The first-order chi connectivity index (χ1) is 15.7. The minimum Gasteiger partial charge on any atom is -0.394 e. The Morgan fingerprint density at radius 2 is 1.79 bits per heavy atom. The summed E-state index contributed by atoms with van der Waals surface area (Å²) in [5, 5.41) is 11.7. The van der Waals surface area contributed by atoms with E-state index in [1.165, 1.54) is 24.3 Å². The van der Waals surface area contributed by atoms with Crippen molar-refractivity contribution in [3.63, 3.8) is 0 Å². The number of nitrogens with one attached hydrogen (secondary N) is 2. The number of nitrogens with two attached hydrogens (primary N) is 1. The van der Waals surface area contributed by atoms with Gasteiger partial charge in [0.05, 0.1) is 30.3 Å². The largest absolute Gasteiger partial charge is 0.394 e. The van der Waals surface area contributed by atoms with Gasteiger partial charge in [0.1, 0.15) is 22.3 Å². The predicted molar refractivity (Wildman–Crippen MR) is 119 cm³/mol. The van der Waals surface area contributed by atoms with Crippen LogP contribution in [0.5, 0.6) is 0 Å². The first-order valence-corrected chi connectivity index (χ1v) is 11.8. The summed E-state index contributed by atoms with van der Waals surface area (Å²) < 4.78 is 59.8. The summed E-state index contributed by atoms with van der Waals surface area (Å²) in [5.41, 5.74) is 5.50. The second-order valence-electron chi connectivity index (χ2n) is 6.54. The zero-order valence-electron chi connectivity index (χ0n) is 17.0. The third-order valence-electron chi connectivity index (χ3n) is 4.24. The quantitative estimate of drug-likeness (QED) is 0.233. The number of anilines is 3. The smallest absolute Gasteiger partial charge is 0.240 e. The number of aliphatic hydroxyl groups excluding tert-OH is 1. The number of sulfonamides is 1. The number of nitrogen functional groups attached to an aromatic ring is 1. The number of rotatable bonds is 11. The molecule has 0 amide bonds. The zero-order valence-corrected chi connectivity index (χ0v) is 18.7. The number of nitrogens with zero attached hydrogens (tertiary/aromatic N) is 1. The fraction of sp³-hybridized carbons (Fsp3) is 0.200. The molecule has 9 nitrogen and oxygen atoms in total. The summed E-state index contributed by atoms with van der Waals surface area (Å²) in [6.07, 6.45) is 0. The second kappa shape index (κ2) is 10.8. The van der Waals surface area contributed by atoms with Crippen LogP contribution in [0.15, 0.2) is 47.4 Å². The van der Waals surface area contributed by atoms with Crippen LogP contribution in [-0.4, -0.2) is 50.7 Å². The van der Waals surface area contributed by atoms with Gasteiger partial charge in [-0.3, -0.25) is 4.79 Å². The van der Waals surface area contributed by atoms with Crippen LogP contribution in [0, 0.1) is 11.6 Å². The first kappa shape index (κ1) is 24.7. The van der Waals surface area contributed by atoms with Crippen molar-refractivity contribution in [2.24, 2.45) is 0 Å². The first-order valence-electron chi connectivity index (χ1n) is 9.53. The standard InChI is InChI=1S/C20H20F2N4O5S2/c21-14-2-1-3-15(22)16(14)17(28)18-19(23)26-20(32-18)25-12-4-6-13(7-5-12)33(29,30)24-8-10-31-11-9-27/h1-7,24,27H,8-11,23H2,(H,25,26). The maximum atomic E-state index is 13.9. The van der Waals surface area contributed by atoms with E-state index in [0.29, 0.717) is 5.69 Å².